The molecule has 32 heavy (non-hydrogen) atoms. The number of aliphatic hydroxyl groups excluding tert-OH is 3. The molecule has 3 N–H and O–H groups in total. The van der Waals surface area contributed by atoms with Gasteiger partial charge in [0.25, 0.3) is 0 Å². The zero-order valence-corrected chi connectivity index (χ0v) is 18.5. The monoisotopic (exact) mass is 434 g/mol. The van der Waals surface area contributed by atoms with Gasteiger partial charge in [-0.3, -0.25) is 4.79 Å². The smallest absolute Gasteiger partial charge is 0.185 e. The van der Waals surface area contributed by atoms with E-state index in [1.165, 1.54) is 6.08 Å². The van der Waals surface area contributed by atoms with Gasteiger partial charge in [-0.05, 0) is 84.2 Å². The third-order valence-corrected chi connectivity index (χ3v) is 5.66. The highest BCUT2D eigenvalue weighted by Crippen LogP contribution is 2.36. The largest absolute Gasteiger partial charge is 0.508 e. The SMILES string of the molecule is COc1cc(/C=C/C(O)=C(\CC2CC2)C(=O)/C=C/c2ccc(CO)c(CO)c2)ccc1C. The van der Waals surface area contributed by atoms with Crippen LogP contribution in [0.2, 0.25) is 0 Å². The number of aryl methyl sites for hydroxylation is 1. The Bertz CT molecular complexity index is 1060. The van der Waals surface area contributed by atoms with Crippen LogP contribution in [-0.4, -0.2) is 28.2 Å². The van der Waals surface area contributed by atoms with Gasteiger partial charge in [0.15, 0.2) is 5.78 Å². The highest BCUT2D eigenvalue weighted by molar-refractivity contribution is 6.07. The summed E-state index contributed by atoms with van der Waals surface area (Å²) < 4.78 is 5.34. The van der Waals surface area contributed by atoms with Crippen LogP contribution in [-0.2, 0) is 18.0 Å². The second kappa shape index (κ2) is 10.9. The molecule has 0 aliphatic heterocycles. The van der Waals surface area contributed by atoms with Crippen molar-refractivity contribution >= 4 is 17.9 Å². The molecule has 0 amide bonds. The lowest BCUT2D eigenvalue weighted by Crippen LogP contribution is -2.03. The molecular weight excluding hydrogens is 404 g/mol. The molecule has 2 aromatic carbocycles. The first-order valence-corrected chi connectivity index (χ1v) is 10.8. The van der Waals surface area contributed by atoms with Crippen LogP contribution < -0.4 is 4.74 Å². The molecule has 1 fully saturated rings. The van der Waals surface area contributed by atoms with E-state index in [-0.39, 0.29) is 24.8 Å². The molecule has 1 aliphatic rings. The predicted molar refractivity (Wildman–Crippen MR) is 126 cm³/mol. The number of ketones is 1. The van der Waals surface area contributed by atoms with Gasteiger partial charge in [-0.15, -0.1) is 0 Å². The molecule has 1 aliphatic carbocycles. The van der Waals surface area contributed by atoms with Crippen molar-refractivity contribution in [2.45, 2.75) is 39.4 Å². The average molecular weight is 435 g/mol. The van der Waals surface area contributed by atoms with E-state index in [4.69, 9.17) is 4.74 Å². The molecule has 168 valence electrons. The van der Waals surface area contributed by atoms with Crippen molar-refractivity contribution in [2.75, 3.05) is 7.11 Å². The maximum atomic E-state index is 12.9. The zero-order valence-electron chi connectivity index (χ0n) is 18.5. The molecule has 0 aromatic heterocycles. The van der Waals surface area contributed by atoms with Crippen LogP contribution in [0, 0.1) is 12.8 Å². The van der Waals surface area contributed by atoms with Crippen molar-refractivity contribution in [3.63, 3.8) is 0 Å². The van der Waals surface area contributed by atoms with Gasteiger partial charge in [-0.2, -0.15) is 0 Å². The van der Waals surface area contributed by atoms with Crippen molar-refractivity contribution < 1.29 is 24.9 Å². The second-order valence-corrected chi connectivity index (χ2v) is 8.12. The Balaban J connectivity index is 1.82. The van der Waals surface area contributed by atoms with E-state index in [0.717, 1.165) is 35.3 Å². The summed E-state index contributed by atoms with van der Waals surface area (Å²) in [7, 11) is 1.62. The Morgan fingerprint density at radius 1 is 1.00 bits per heavy atom. The van der Waals surface area contributed by atoms with Crippen molar-refractivity contribution in [2.24, 2.45) is 5.92 Å². The predicted octanol–water partition coefficient (Wildman–Crippen LogP) is 4.90. The number of methoxy groups -OCH3 is 1. The van der Waals surface area contributed by atoms with Gasteiger partial charge in [0, 0.05) is 5.57 Å². The van der Waals surface area contributed by atoms with Crippen LogP contribution >= 0.6 is 0 Å². The van der Waals surface area contributed by atoms with Crippen LogP contribution in [0.4, 0.5) is 0 Å². The summed E-state index contributed by atoms with van der Waals surface area (Å²) in [6.45, 7) is 1.62. The van der Waals surface area contributed by atoms with E-state index in [2.05, 4.69) is 0 Å². The van der Waals surface area contributed by atoms with Crippen molar-refractivity contribution in [1.82, 2.24) is 0 Å². The summed E-state index contributed by atoms with van der Waals surface area (Å²) in [5, 5.41) is 29.5. The number of hydrogen-bond acceptors (Lipinski definition) is 5. The fraction of sp³-hybridized carbons (Fsp3) is 0.296. The molecule has 0 bridgehead atoms. The molecule has 2 aromatic rings. The van der Waals surface area contributed by atoms with Gasteiger partial charge in [0.1, 0.15) is 11.5 Å². The van der Waals surface area contributed by atoms with Crippen molar-refractivity contribution in [3.8, 4) is 5.75 Å². The van der Waals surface area contributed by atoms with Gasteiger partial charge >= 0.3 is 0 Å². The number of hydrogen-bond donors (Lipinski definition) is 3. The fourth-order valence-electron chi connectivity index (χ4n) is 3.48. The van der Waals surface area contributed by atoms with Crippen LogP contribution in [0.1, 0.15) is 47.1 Å². The van der Waals surface area contributed by atoms with Gasteiger partial charge in [-0.1, -0.05) is 36.4 Å². The van der Waals surface area contributed by atoms with Gasteiger partial charge in [0.2, 0.25) is 0 Å². The van der Waals surface area contributed by atoms with E-state index in [9.17, 15) is 20.1 Å². The minimum absolute atomic E-state index is 0.0298. The Morgan fingerprint density at radius 2 is 1.66 bits per heavy atom. The van der Waals surface area contributed by atoms with E-state index in [0.29, 0.717) is 29.0 Å². The zero-order chi connectivity index (χ0) is 23.1. The Hall–Kier alpha value is -3.15. The standard InChI is InChI=1S/C27H30O5/c1-18-3-4-21(15-27(18)32-2)9-12-26(31)24(14-20-5-6-20)25(30)11-8-19-7-10-22(16-28)23(13-19)17-29/h3-4,7-13,15,20,28-29,31H,5-6,14,16-17H2,1-2H3/b11-8+,12-9+,26-24-. The first kappa shape index (κ1) is 23.5. The maximum absolute atomic E-state index is 12.9. The quantitative estimate of drug-likeness (QED) is 0.281. The van der Waals surface area contributed by atoms with Crippen LogP contribution in [0.25, 0.3) is 12.2 Å². The number of rotatable bonds is 10. The summed E-state index contributed by atoms with van der Waals surface area (Å²) in [6, 6.07) is 11.0. The molecule has 5 nitrogen and oxygen atoms in total. The molecular formula is C27H30O5. The molecule has 5 heteroatoms. The number of carbonyl (C=O) groups excluding carboxylic acids is 1. The fourth-order valence-corrected chi connectivity index (χ4v) is 3.48. The molecule has 0 radical (unpaired) electrons. The Morgan fingerprint density at radius 3 is 2.31 bits per heavy atom. The Labute approximate surface area is 189 Å². The van der Waals surface area contributed by atoms with Crippen LogP contribution in [0.3, 0.4) is 0 Å². The molecule has 0 unspecified atom stereocenters. The first-order chi connectivity index (χ1) is 15.4. The summed E-state index contributed by atoms with van der Waals surface area (Å²) in [5.74, 6) is 0.930. The number of allylic oxidation sites excluding steroid dienone is 3. The lowest BCUT2D eigenvalue weighted by Gasteiger charge is -2.07. The lowest BCUT2D eigenvalue weighted by molar-refractivity contribution is -0.111. The van der Waals surface area contributed by atoms with Crippen LogP contribution in [0.5, 0.6) is 5.75 Å². The first-order valence-electron chi connectivity index (χ1n) is 10.8. The van der Waals surface area contributed by atoms with E-state index >= 15 is 0 Å². The summed E-state index contributed by atoms with van der Waals surface area (Å²) >= 11 is 0. The molecule has 3 rings (SSSR count). The third kappa shape index (κ3) is 6.19. The number of ether oxygens (including phenoxy) is 1. The highest BCUT2D eigenvalue weighted by atomic mass is 16.5. The van der Waals surface area contributed by atoms with E-state index in [1.807, 2.05) is 25.1 Å². The van der Waals surface area contributed by atoms with Gasteiger partial charge < -0.3 is 20.1 Å². The molecule has 0 saturated heterocycles. The topological polar surface area (TPSA) is 87.0 Å². The summed E-state index contributed by atoms with van der Waals surface area (Å²) in [6.07, 6.45) is 9.12. The number of aliphatic hydroxyl groups is 3. The second-order valence-electron chi connectivity index (χ2n) is 8.12. The van der Waals surface area contributed by atoms with E-state index < -0.39 is 0 Å². The normalized spacial score (nSPS) is 14.8. The Kier molecular flexibility index (Phi) is 8.03. The molecule has 1 saturated carbocycles. The maximum Gasteiger partial charge on any atom is 0.185 e. The van der Waals surface area contributed by atoms with E-state index in [1.54, 1.807) is 43.5 Å². The van der Waals surface area contributed by atoms with Gasteiger partial charge in [0.05, 0.1) is 20.3 Å². The minimum atomic E-state index is -0.239. The van der Waals surface area contributed by atoms with Crippen LogP contribution in [0.15, 0.2) is 59.9 Å². The minimum Gasteiger partial charge on any atom is -0.508 e. The lowest BCUT2D eigenvalue weighted by atomic mass is 10.00. The van der Waals surface area contributed by atoms with Gasteiger partial charge in [-0.25, -0.2) is 0 Å². The van der Waals surface area contributed by atoms with Crippen molar-refractivity contribution in [3.05, 3.63) is 87.7 Å². The average Bonchev–Trinajstić information content (AvgIpc) is 3.64. The number of carbonyl (C=O) groups is 1. The molecule has 0 heterocycles. The molecule has 0 atom stereocenters. The highest BCUT2D eigenvalue weighted by Gasteiger charge is 2.26. The van der Waals surface area contributed by atoms with Crippen molar-refractivity contribution in [1.29, 1.82) is 0 Å². The molecule has 0 spiro atoms. The summed E-state index contributed by atoms with van der Waals surface area (Å²) in [5.41, 5.74) is 4.31. The third-order valence-electron chi connectivity index (χ3n) is 5.66. The summed E-state index contributed by atoms with van der Waals surface area (Å²) in [4.78, 5) is 12.9. The number of benzene rings is 2.